The van der Waals surface area contributed by atoms with Crippen molar-refractivity contribution in [3.8, 4) is 0 Å². The summed E-state index contributed by atoms with van der Waals surface area (Å²) in [6.45, 7) is 0. The van der Waals surface area contributed by atoms with Crippen molar-refractivity contribution in [2.75, 3.05) is 4.90 Å². The predicted molar refractivity (Wildman–Crippen MR) is 151 cm³/mol. The lowest BCUT2D eigenvalue weighted by molar-refractivity contribution is -0.154. The van der Waals surface area contributed by atoms with Crippen LogP contribution in [0.1, 0.15) is 29.9 Å². The quantitative estimate of drug-likeness (QED) is 0.150. The second-order valence-electron chi connectivity index (χ2n) is 11.0. The highest BCUT2D eigenvalue weighted by molar-refractivity contribution is 9.10. The van der Waals surface area contributed by atoms with E-state index in [1.807, 2.05) is 12.1 Å². The van der Waals surface area contributed by atoms with Crippen LogP contribution in [-0.2, 0) is 29.3 Å². The number of imide groups is 1. The fraction of sp³-hybridized carbons (Fsp3) is 0.250. The molecule has 2 heterocycles. The van der Waals surface area contributed by atoms with E-state index >= 15 is 0 Å². The molecule has 2 saturated heterocycles. The van der Waals surface area contributed by atoms with E-state index in [9.17, 15) is 23.6 Å². The number of fused-ring (bicyclic) bond motifs is 4. The van der Waals surface area contributed by atoms with Crippen molar-refractivity contribution in [2.24, 2.45) is 23.7 Å². The summed E-state index contributed by atoms with van der Waals surface area (Å²) in [5.41, 5.74) is 0.960. The van der Waals surface area contributed by atoms with Gasteiger partial charge in [0.25, 0.3) is 0 Å². The summed E-state index contributed by atoms with van der Waals surface area (Å²) < 4.78 is 20.0. The van der Waals surface area contributed by atoms with E-state index in [-0.39, 0.29) is 22.7 Å². The zero-order valence-electron chi connectivity index (χ0n) is 21.4. The van der Waals surface area contributed by atoms with Gasteiger partial charge in [0.2, 0.25) is 11.8 Å². The largest absolute Gasteiger partial charge is 0.392 e. The molecule has 2 aliphatic carbocycles. The number of anilines is 1. The van der Waals surface area contributed by atoms with Crippen LogP contribution < -0.4 is 4.90 Å². The molecule has 3 aromatic rings. The van der Waals surface area contributed by atoms with Gasteiger partial charge in [-0.1, -0.05) is 59.6 Å². The number of cyclic esters (lactones) is 2. The van der Waals surface area contributed by atoms with Crippen molar-refractivity contribution >= 4 is 57.0 Å². The van der Waals surface area contributed by atoms with Crippen LogP contribution in [0.25, 0.3) is 0 Å². The highest BCUT2D eigenvalue weighted by Crippen LogP contribution is 2.64. The third kappa shape index (κ3) is 3.66. The number of para-hydroxylation sites is 1. The van der Waals surface area contributed by atoms with Crippen molar-refractivity contribution in [1.82, 2.24) is 0 Å². The van der Waals surface area contributed by atoms with Gasteiger partial charge in [-0.3, -0.25) is 24.1 Å². The number of amides is 2. The Morgan fingerprint density at radius 3 is 2.37 bits per heavy atom. The van der Waals surface area contributed by atoms with E-state index in [2.05, 4.69) is 15.9 Å². The first-order chi connectivity index (χ1) is 19.7. The van der Waals surface area contributed by atoms with E-state index in [1.165, 1.54) is 11.0 Å². The Kier molecular flexibility index (Phi) is 6.07. The second-order valence-corrected chi connectivity index (χ2v) is 12.3. The number of carbonyl (C=O) groups excluding carboxylic acids is 4. The van der Waals surface area contributed by atoms with E-state index in [4.69, 9.17) is 16.3 Å². The normalized spacial score (nSPS) is 30.5. The van der Waals surface area contributed by atoms with Crippen LogP contribution in [0.4, 0.5) is 10.1 Å². The minimum atomic E-state index is -1.46. The molecule has 0 aromatic heterocycles. The molecule has 4 aliphatic rings. The fourth-order valence-electron chi connectivity index (χ4n) is 7.57. The van der Waals surface area contributed by atoms with E-state index in [0.717, 1.165) is 5.57 Å². The molecule has 41 heavy (non-hydrogen) atoms. The van der Waals surface area contributed by atoms with Gasteiger partial charge in [-0.15, -0.1) is 0 Å². The summed E-state index contributed by atoms with van der Waals surface area (Å²) in [7, 11) is 0. The molecular formula is C32H22BrClFNO5. The zero-order valence-corrected chi connectivity index (χ0v) is 23.8. The summed E-state index contributed by atoms with van der Waals surface area (Å²) in [5.74, 6) is -5.92. The number of hydrogen-bond acceptors (Lipinski definition) is 5. The number of allylic oxidation sites excluding steroid dienone is 2. The van der Waals surface area contributed by atoms with Crippen molar-refractivity contribution in [3.63, 3.8) is 0 Å². The lowest BCUT2D eigenvalue weighted by atomic mass is 9.49. The predicted octanol–water partition coefficient (Wildman–Crippen LogP) is 6.12. The van der Waals surface area contributed by atoms with E-state index in [0.29, 0.717) is 28.3 Å². The van der Waals surface area contributed by atoms with Gasteiger partial charge in [0.05, 0.1) is 27.9 Å². The number of ether oxygens (including phenoxy) is 1. The van der Waals surface area contributed by atoms with Crippen LogP contribution in [0.3, 0.4) is 0 Å². The lowest BCUT2D eigenvalue weighted by Gasteiger charge is -2.49. The van der Waals surface area contributed by atoms with Gasteiger partial charge in [-0.05, 0) is 82.2 Å². The van der Waals surface area contributed by atoms with E-state index < -0.39 is 52.8 Å². The van der Waals surface area contributed by atoms with E-state index in [1.54, 1.807) is 60.7 Å². The Labute approximate surface area is 248 Å². The average molecular weight is 635 g/mol. The third-order valence-corrected chi connectivity index (χ3v) is 10.1. The van der Waals surface area contributed by atoms with Crippen molar-refractivity contribution < 1.29 is 28.3 Å². The molecular weight excluding hydrogens is 613 g/mol. The summed E-state index contributed by atoms with van der Waals surface area (Å²) >= 11 is 9.48. The topological polar surface area (TPSA) is 80.8 Å². The summed E-state index contributed by atoms with van der Waals surface area (Å²) in [4.78, 5) is 56.2. The molecule has 2 amide bonds. The zero-order chi connectivity index (χ0) is 28.6. The van der Waals surface area contributed by atoms with Gasteiger partial charge in [-0.25, -0.2) is 4.39 Å². The Balaban J connectivity index is 1.43. The first kappa shape index (κ1) is 26.3. The molecule has 0 bridgehead atoms. The molecule has 206 valence electrons. The van der Waals surface area contributed by atoms with Crippen LogP contribution in [0.15, 0.2) is 88.9 Å². The number of benzene rings is 3. The molecule has 2 aliphatic heterocycles. The van der Waals surface area contributed by atoms with Gasteiger partial charge in [0, 0.05) is 10.9 Å². The fourth-order valence-corrected chi connectivity index (χ4v) is 8.09. The number of nitrogens with zero attached hydrogens (tertiary/aromatic N) is 1. The summed E-state index contributed by atoms with van der Waals surface area (Å²) in [6.07, 6.45) is 2.39. The Morgan fingerprint density at radius 1 is 0.927 bits per heavy atom. The van der Waals surface area contributed by atoms with Crippen LogP contribution in [0.5, 0.6) is 0 Å². The van der Waals surface area contributed by atoms with Crippen molar-refractivity contribution in [1.29, 1.82) is 0 Å². The molecule has 9 heteroatoms. The first-order valence-electron chi connectivity index (χ1n) is 13.3. The highest BCUT2D eigenvalue weighted by atomic mass is 79.9. The molecule has 6 atom stereocenters. The maximum absolute atomic E-state index is 14.4. The van der Waals surface area contributed by atoms with Gasteiger partial charge in [0.15, 0.2) is 0 Å². The summed E-state index contributed by atoms with van der Waals surface area (Å²) in [5, 5.41) is 0.463. The maximum atomic E-state index is 14.4. The molecule has 7 rings (SSSR count). The van der Waals surface area contributed by atoms with Crippen LogP contribution in [0.2, 0.25) is 5.02 Å². The van der Waals surface area contributed by atoms with Crippen LogP contribution in [0, 0.1) is 29.5 Å². The Bertz CT molecular complexity index is 1680. The maximum Gasteiger partial charge on any atom is 0.326 e. The number of halogens is 3. The minimum absolute atomic E-state index is 0.153. The van der Waals surface area contributed by atoms with Crippen molar-refractivity contribution in [2.45, 2.75) is 24.2 Å². The molecule has 1 saturated carbocycles. The van der Waals surface area contributed by atoms with Gasteiger partial charge >= 0.3 is 11.9 Å². The molecule has 0 radical (unpaired) electrons. The van der Waals surface area contributed by atoms with Gasteiger partial charge in [-0.2, -0.15) is 0 Å². The van der Waals surface area contributed by atoms with Gasteiger partial charge < -0.3 is 4.74 Å². The average Bonchev–Trinajstić information content (AvgIpc) is 3.38. The number of carbonyl (C=O) groups is 4. The first-order valence-corrected chi connectivity index (χ1v) is 14.5. The molecule has 0 spiro atoms. The molecule has 6 nitrogen and oxygen atoms in total. The standard InChI is InChI=1S/C32H22BrClFNO5/c33-24-14-16(6-13-25(24)35)27-20-11-12-21-26(29(38)36(28(21)37)19-4-2-1-3-5-19)22(20)15-23-30(39)41-31(40)32(23,27)17-7-9-18(34)10-8-17/h1-11,13-14,21-23,26-27H,12,15H2/t21?,22?,23-,26?,27-,32+/m0/s1. The van der Waals surface area contributed by atoms with Crippen LogP contribution in [-0.4, -0.2) is 23.8 Å². The van der Waals surface area contributed by atoms with Gasteiger partial charge in [0.1, 0.15) is 11.2 Å². The monoisotopic (exact) mass is 633 g/mol. The SMILES string of the molecule is O=C1OC(=O)[C@@]2(c3ccc(Cl)cc3)[C@@H](c3ccc(F)c(Br)c3)C3=CCC4C(=O)N(c5ccccc5)C(=O)C4C3C[C@@H]12. The molecule has 3 aromatic carbocycles. The molecule has 3 fully saturated rings. The Hall–Kier alpha value is -3.62. The smallest absolute Gasteiger partial charge is 0.326 e. The molecule has 0 N–H and O–H groups in total. The molecule has 3 unspecified atom stereocenters. The minimum Gasteiger partial charge on any atom is -0.392 e. The lowest BCUT2D eigenvalue weighted by Crippen LogP contribution is -2.53. The second kappa shape index (κ2) is 9.46. The summed E-state index contributed by atoms with van der Waals surface area (Å²) in [6, 6.07) is 20.1. The number of esters is 2. The Morgan fingerprint density at radius 2 is 1.66 bits per heavy atom. The third-order valence-electron chi connectivity index (χ3n) is 9.20. The van der Waals surface area contributed by atoms with Crippen molar-refractivity contribution in [3.05, 3.63) is 111 Å². The van der Waals surface area contributed by atoms with Crippen LogP contribution >= 0.6 is 27.5 Å². The highest BCUT2D eigenvalue weighted by Gasteiger charge is 2.69. The number of rotatable bonds is 3. The number of hydrogen-bond donors (Lipinski definition) is 0.